The number of aromatic nitrogens is 6. The fraction of sp³-hybridized carbons (Fsp3) is 0.538. The number of nitrogen functional groups attached to an aromatic ring is 2. The molecule has 0 aliphatic carbocycles. The average Bonchev–Trinajstić information content (AvgIpc) is 3.74. The molecule has 2 fully saturated rings. The van der Waals surface area contributed by atoms with Crippen LogP contribution < -0.4 is 11.5 Å². The predicted octanol–water partition coefficient (Wildman–Crippen LogP) is -1.02. The van der Waals surface area contributed by atoms with E-state index in [4.69, 9.17) is 30.9 Å². The number of fused-ring (bicyclic) bond motifs is 2. The van der Waals surface area contributed by atoms with Gasteiger partial charge in [0.2, 0.25) is 14.2 Å². The summed E-state index contributed by atoms with van der Waals surface area (Å²) in [6, 6.07) is 3.37. The quantitative estimate of drug-likeness (QED) is 0.0646. The molecule has 2 aliphatic rings. The molecule has 2 saturated heterocycles. The zero-order valence-electron chi connectivity index (χ0n) is 25.2. The van der Waals surface area contributed by atoms with Gasteiger partial charge in [-0.3, -0.25) is 0 Å². The third-order valence-corrected chi connectivity index (χ3v) is 8.71. The standard InChI is InChI=1S/C13H19N4O7P.C13H18N4O4/c1-12(20)10(19)13(2,23-24-25(21)6-18)22-11(12)17-4-3-7-8(14)15-5-16-9(7)17;1-12(5-18)10(19)13(2,20)11(21-12)17-4-3-7-8(14)15-6-16-9(7)17/h3-5,10-11,18-21H,6H2,1-2H3,(H2,14,15,16);3-4,6,10-11,18-20H,5H2,1-2H3,(H2,14,15,16)/t10?,11-,12-,13-,25?;10?,11-,12-,13-/m11/s1. The van der Waals surface area contributed by atoms with Gasteiger partial charge in [-0.2, -0.15) is 9.56 Å². The number of ether oxygens (including phenoxy) is 2. The van der Waals surface area contributed by atoms with Crippen molar-refractivity contribution in [2.45, 2.75) is 74.9 Å². The summed E-state index contributed by atoms with van der Waals surface area (Å²) in [5.74, 6) is -1.22. The molecule has 46 heavy (non-hydrogen) atoms. The van der Waals surface area contributed by atoms with Crippen LogP contribution in [0.1, 0.15) is 40.2 Å². The maximum Gasteiger partial charge on any atom is 0.233 e. The Bertz CT molecular complexity index is 1700. The van der Waals surface area contributed by atoms with Crippen LogP contribution in [-0.4, -0.2) is 112 Å². The summed E-state index contributed by atoms with van der Waals surface area (Å²) >= 11 is 0. The Morgan fingerprint density at radius 1 is 0.826 bits per heavy atom. The van der Waals surface area contributed by atoms with E-state index in [9.17, 15) is 30.4 Å². The van der Waals surface area contributed by atoms with Crippen LogP contribution in [0.25, 0.3) is 22.1 Å². The summed E-state index contributed by atoms with van der Waals surface area (Å²) in [4.78, 5) is 30.3. The van der Waals surface area contributed by atoms with Crippen molar-refractivity contribution in [3.8, 4) is 0 Å². The fourth-order valence-electron chi connectivity index (χ4n) is 5.63. The highest BCUT2D eigenvalue weighted by molar-refractivity contribution is 7.45. The second kappa shape index (κ2) is 12.1. The second-order valence-electron chi connectivity index (χ2n) is 11.8. The van der Waals surface area contributed by atoms with E-state index in [0.717, 1.165) is 0 Å². The molecule has 0 aromatic carbocycles. The Morgan fingerprint density at radius 2 is 1.30 bits per heavy atom. The van der Waals surface area contributed by atoms with Crippen LogP contribution in [0.4, 0.5) is 11.6 Å². The second-order valence-corrected chi connectivity index (χ2v) is 12.9. The van der Waals surface area contributed by atoms with Crippen LogP contribution in [0.3, 0.4) is 0 Å². The molecular weight excluding hydrogens is 631 g/mol. The summed E-state index contributed by atoms with van der Waals surface area (Å²) in [5.41, 5.74) is 7.83. The third kappa shape index (κ3) is 5.57. The molecule has 0 bridgehead atoms. The molecule has 4 aromatic heterocycles. The molecule has 3 unspecified atom stereocenters. The number of rotatable bonds is 7. The van der Waals surface area contributed by atoms with Crippen LogP contribution in [0.2, 0.25) is 0 Å². The Hall–Kier alpha value is -3.17. The van der Waals surface area contributed by atoms with Crippen molar-refractivity contribution >= 4 is 42.1 Å². The summed E-state index contributed by atoms with van der Waals surface area (Å²) in [6.45, 7) is 5.28. The van der Waals surface area contributed by atoms with Gasteiger partial charge < -0.3 is 65.6 Å². The first-order valence-corrected chi connectivity index (χ1v) is 15.3. The predicted molar refractivity (Wildman–Crippen MR) is 160 cm³/mol. The van der Waals surface area contributed by atoms with E-state index < -0.39 is 68.6 Å². The first-order valence-electron chi connectivity index (χ1n) is 13.9. The van der Waals surface area contributed by atoms with E-state index in [2.05, 4.69) is 24.6 Å². The summed E-state index contributed by atoms with van der Waals surface area (Å²) in [6.07, 6.45) is 0.386. The van der Waals surface area contributed by atoms with Crippen molar-refractivity contribution < 1.29 is 54.6 Å². The van der Waals surface area contributed by atoms with Crippen LogP contribution in [0, 0.1) is 0 Å². The van der Waals surface area contributed by atoms with Gasteiger partial charge in [0, 0.05) is 12.4 Å². The van der Waals surface area contributed by atoms with E-state index in [-0.39, 0.29) is 5.82 Å². The SMILES string of the molecule is C[C@]1(CO)O[C@@H](n2ccc3c(N)ncnc32)[C@](C)(O)C1O.C[C@]1(OOP(O)CO)O[C@@H](n2ccc3c(N)ncnc32)[C@](C)(O)C1O. The van der Waals surface area contributed by atoms with Crippen molar-refractivity contribution in [3.05, 3.63) is 37.2 Å². The van der Waals surface area contributed by atoms with E-state index in [0.29, 0.717) is 27.9 Å². The lowest BCUT2D eigenvalue weighted by Gasteiger charge is -2.29. The van der Waals surface area contributed by atoms with Gasteiger partial charge in [0.25, 0.3) is 0 Å². The van der Waals surface area contributed by atoms with E-state index >= 15 is 0 Å². The summed E-state index contributed by atoms with van der Waals surface area (Å²) in [7, 11) is -2.25. The van der Waals surface area contributed by atoms with Gasteiger partial charge in [-0.15, -0.1) is 0 Å². The normalized spacial score (nSPS) is 35.0. The van der Waals surface area contributed by atoms with Crippen molar-refractivity contribution in [1.82, 2.24) is 29.1 Å². The lowest BCUT2D eigenvalue weighted by molar-refractivity contribution is -0.388. The largest absolute Gasteiger partial charge is 0.393 e. The van der Waals surface area contributed by atoms with E-state index in [1.54, 1.807) is 36.0 Å². The number of nitrogens with zero attached hydrogens (tertiary/aromatic N) is 6. The van der Waals surface area contributed by atoms with Gasteiger partial charge >= 0.3 is 0 Å². The molecule has 0 amide bonds. The van der Waals surface area contributed by atoms with Gasteiger partial charge in [-0.05, 0) is 39.8 Å². The molecule has 4 aromatic rings. The molecule has 0 spiro atoms. The number of aliphatic hydroxyl groups excluding tert-OH is 4. The number of anilines is 2. The minimum absolute atomic E-state index is 0.262. The van der Waals surface area contributed by atoms with Crippen molar-refractivity contribution in [1.29, 1.82) is 0 Å². The van der Waals surface area contributed by atoms with Crippen LogP contribution in [0.15, 0.2) is 37.2 Å². The van der Waals surface area contributed by atoms with Crippen LogP contribution in [-0.2, 0) is 19.0 Å². The highest BCUT2D eigenvalue weighted by Gasteiger charge is 2.62. The molecule has 2 aliphatic heterocycles. The van der Waals surface area contributed by atoms with Gasteiger partial charge in [0.15, 0.2) is 12.5 Å². The van der Waals surface area contributed by atoms with Crippen molar-refractivity contribution in [2.24, 2.45) is 0 Å². The molecule has 252 valence electrons. The molecular formula is C26H37N8O11P. The highest BCUT2D eigenvalue weighted by atomic mass is 31.2. The van der Waals surface area contributed by atoms with Crippen LogP contribution >= 0.6 is 8.38 Å². The maximum atomic E-state index is 10.8. The highest BCUT2D eigenvalue weighted by Crippen LogP contribution is 2.48. The summed E-state index contributed by atoms with van der Waals surface area (Å²) < 4.78 is 19.1. The fourth-order valence-corrected chi connectivity index (χ4v) is 5.91. The number of aliphatic hydroxyl groups is 6. The Kier molecular flexibility index (Phi) is 9.01. The van der Waals surface area contributed by atoms with Gasteiger partial charge in [-0.25, -0.2) is 19.9 Å². The van der Waals surface area contributed by atoms with Crippen molar-refractivity contribution in [2.75, 3.05) is 24.4 Å². The maximum absolute atomic E-state index is 10.8. The Labute approximate surface area is 262 Å². The molecule has 20 heteroatoms. The van der Waals surface area contributed by atoms with Gasteiger partial charge in [-0.1, -0.05) is 0 Å². The minimum atomic E-state index is -2.25. The molecule has 0 saturated carbocycles. The van der Waals surface area contributed by atoms with E-state index in [1.807, 2.05) is 0 Å². The molecule has 11 N–H and O–H groups in total. The Morgan fingerprint density at radius 3 is 1.76 bits per heavy atom. The molecule has 9 atom stereocenters. The average molecular weight is 669 g/mol. The summed E-state index contributed by atoms with van der Waals surface area (Å²) in [5, 5.41) is 61.5. The molecule has 6 heterocycles. The van der Waals surface area contributed by atoms with E-state index in [1.165, 1.54) is 38.0 Å². The van der Waals surface area contributed by atoms with Gasteiger partial charge in [0.05, 0.1) is 17.4 Å². The molecule has 6 rings (SSSR count). The first-order chi connectivity index (χ1) is 21.5. The zero-order valence-corrected chi connectivity index (χ0v) is 26.1. The topological polar surface area (TPSA) is 292 Å². The molecule has 0 radical (unpaired) electrons. The van der Waals surface area contributed by atoms with Crippen molar-refractivity contribution in [3.63, 3.8) is 0 Å². The monoisotopic (exact) mass is 668 g/mol. The smallest absolute Gasteiger partial charge is 0.233 e. The Balaban J connectivity index is 0.000000184. The zero-order chi connectivity index (χ0) is 33.8. The van der Waals surface area contributed by atoms with Crippen LogP contribution in [0.5, 0.6) is 0 Å². The van der Waals surface area contributed by atoms with Gasteiger partial charge in [0.1, 0.15) is 70.9 Å². The minimum Gasteiger partial charge on any atom is -0.393 e. The number of hydrogen-bond acceptors (Lipinski definition) is 17. The molecule has 19 nitrogen and oxygen atoms in total. The lowest BCUT2D eigenvalue weighted by Crippen LogP contribution is -2.49. The lowest BCUT2D eigenvalue weighted by atomic mass is 9.89. The number of hydrogen-bond donors (Lipinski definition) is 9. The number of nitrogens with two attached hydrogens (primary N) is 2. The third-order valence-electron chi connectivity index (χ3n) is 8.22. The first kappa shape index (κ1) is 34.2.